The smallest absolute Gasteiger partial charge is 0.115 e. The first-order valence-electron chi connectivity index (χ1n) is 7.79. The van der Waals surface area contributed by atoms with Gasteiger partial charge in [-0.3, -0.25) is 0 Å². The summed E-state index contributed by atoms with van der Waals surface area (Å²) in [5, 5.41) is 20.0. The molecule has 0 radical (unpaired) electrons. The number of hydrogen-bond acceptors (Lipinski definition) is 2. The van der Waals surface area contributed by atoms with E-state index in [-0.39, 0.29) is 11.5 Å². The SMILES string of the molecule is C[C@]12CCC3C(=CCc4cc(O)ccc43)[C@@H]1CCC2O. The van der Waals surface area contributed by atoms with Crippen LogP contribution in [0, 0.1) is 11.3 Å². The van der Waals surface area contributed by atoms with Crippen LogP contribution in [0.2, 0.25) is 0 Å². The lowest BCUT2D eigenvalue weighted by atomic mass is 9.59. The number of aliphatic hydroxyl groups is 1. The van der Waals surface area contributed by atoms with Crippen LogP contribution in [-0.2, 0) is 6.42 Å². The summed E-state index contributed by atoms with van der Waals surface area (Å²) in [5.74, 6) is 1.44. The highest BCUT2D eigenvalue weighted by molar-refractivity contribution is 5.47. The van der Waals surface area contributed by atoms with Gasteiger partial charge in [0.25, 0.3) is 0 Å². The molecule has 106 valence electrons. The molecule has 0 aliphatic heterocycles. The lowest BCUT2D eigenvalue weighted by Gasteiger charge is -2.46. The number of benzene rings is 1. The average Bonchev–Trinajstić information content (AvgIpc) is 2.74. The van der Waals surface area contributed by atoms with E-state index in [4.69, 9.17) is 0 Å². The van der Waals surface area contributed by atoms with Gasteiger partial charge in [-0.05, 0) is 61.3 Å². The van der Waals surface area contributed by atoms with Crippen LogP contribution in [0.3, 0.4) is 0 Å². The Labute approximate surface area is 120 Å². The second kappa shape index (κ2) is 4.11. The lowest BCUT2D eigenvalue weighted by Crippen LogP contribution is -2.39. The number of aliphatic hydroxyl groups excluding tert-OH is 1. The fraction of sp³-hybridized carbons (Fsp3) is 0.556. The second-order valence-corrected chi connectivity index (χ2v) is 7.03. The van der Waals surface area contributed by atoms with Crippen molar-refractivity contribution in [3.05, 3.63) is 41.0 Å². The third kappa shape index (κ3) is 1.54. The summed E-state index contributed by atoms with van der Waals surface area (Å²) < 4.78 is 0. The molecule has 2 nitrogen and oxygen atoms in total. The summed E-state index contributed by atoms with van der Waals surface area (Å²) in [7, 11) is 0. The van der Waals surface area contributed by atoms with E-state index in [1.807, 2.05) is 12.1 Å². The maximum absolute atomic E-state index is 10.3. The Morgan fingerprint density at radius 1 is 1.20 bits per heavy atom. The Kier molecular flexibility index (Phi) is 2.56. The number of phenols is 1. The van der Waals surface area contributed by atoms with Crippen LogP contribution in [0.25, 0.3) is 0 Å². The molecule has 2 saturated carbocycles. The highest BCUT2D eigenvalue weighted by Crippen LogP contribution is 2.59. The maximum atomic E-state index is 10.3. The number of phenolic OH excluding ortho intramolecular Hbond substituents is 1. The van der Waals surface area contributed by atoms with Gasteiger partial charge in [0.2, 0.25) is 0 Å². The first-order valence-corrected chi connectivity index (χ1v) is 7.79. The van der Waals surface area contributed by atoms with Crippen molar-refractivity contribution in [3.63, 3.8) is 0 Å². The van der Waals surface area contributed by atoms with Crippen molar-refractivity contribution >= 4 is 0 Å². The number of fused-ring (bicyclic) bond motifs is 5. The van der Waals surface area contributed by atoms with Gasteiger partial charge in [0.05, 0.1) is 6.10 Å². The topological polar surface area (TPSA) is 40.5 Å². The van der Waals surface area contributed by atoms with E-state index in [2.05, 4.69) is 19.1 Å². The molecule has 20 heavy (non-hydrogen) atoms. The zero-order chi connectivity index (χ0) is 13.9. The van der Waals surface area contributed by atoms with Crippen LogP contribution < -0.4 is 0 Å². The van der Waals surface area contributed by atoms with Crippen molar-refractivity contribution in [3.8, 4) is 5.75 Å². The molecule has 0 saturated heterocycles. The summed E-state index contributed by atoms with van der Waals surface area (Å²) in [6.45, 7) is 2.28. The van der Waals surface area contributed by atoms with Crippen molar-refractivity contribution in [1.82, 2.24) is 0 Å². The van der Waals surface area contributed by atoms with Crippen LogP contribution in [0.4, 0.5) is 0 Å². The van der Waals surface area contributed by atoms with Crippen molar-refractivity contribution in [2.75, 3.05) is 0 Å². The molecule has 3 aliphatic carbocycles. The minimum Gasteiger partial charge on any atom is -0.508 e. The maximum Gasteiger partial charge on any atom is 0.115 e. The summed E-state index contributed by atoms with van der Waals surface area (Å²) in [6, 6.07) is 5.84. The molecule has 2 fully saturated rings. The van der Waals surface area contributed by atoms with E-state index < -0.39 is 0 Å². The molecule has 2 heteroatoms. The van der Waals surface area contributed by atoms with Crippen LogP contribution in [0.5, 0.6) is 5.75 Å². The molecular weight excluding hydrogens is 248 g/mol. The normalized spacial score (nSPS) is 38.7. The van der Waals surface area contributed by atoms with Gasteiger partial charge in [0, 0.05) is 11.3 Å². The number of allylic oxidation sites excluding steroid dienone is 2. The highest BCUT2D eigenvalue weighted by atomic mass is 16.3. The zero-order valence-corrected chi connectivity index (χ0v) is 12.0. The summed E-state index contributed by atoms with van der Waals surface area (Å²) in [5.41, 5.74) is 4.34. The molecule has 0 aromatic heterocycles. The van der Waals surface area contributed by atoms with Gasteiger partial charge in [-0.2, -0.15) is 0 Å². The Morgan fingerprint density at radius 3 is 2.90 bits per heavy atom. The molecule has 0 bridgehead atoms. The molecule has 2 unspecified atom stereocenters. The molecule has 2 N–H and O–H groups in total. The number of hydrogen-bond donors (Lipinski definition) is 2. The van der Waals surface area contributed by atoms with Crippen molar-refractivity contribution in [2.24, 2.45) is 11.3 Å². The van der Waals surface area contributed by atoms with Crippen LogP contribution in [0.15, 0.2) is 29.8 Å². The Bertz CT molecular complexity index is 589. The predicted octanol–water partition coefficient (Wildman–Crippen LogP) is 3.53. The number of rotatable bonds is 0. The van der Waals surface area contributed by atoms with Crippen LogP contribution in [-0.4, -0.2) is 16.3 Å². The van der Waals surface area contributed by atoms with E-state index in [0.29, 0.717) is 17.6 Å². The van der Waals surface area contributed by atoms with Gasteiger partial charge >= 0.3 is 0 Å². The summed E-state index contributed by atoms with van der Waals surface area (Å²) >= 11 is 0. The van der Waals surface area contributed by atoms with Crippen LogP contribution in [0.1, 0.15) is 49.7 Å². The Hall–Kier alpha value is -1.28. The monoisotopic (exact) mass is 270 g/mol. The van der Waals surface area contributed by atoms with Crippen molar-refractivity contribution < 1.29 is 10.2 Å². The standard InChI is InChI=1S/C18H22O2/c1-18-9-8-14-13-5-3-12(19)10-11(13)2-4-15(14)16(18)6-7-17(18)20/h3-5,10,14,16-17,19-20H,2,6-9H2,1H3/t14?,16-,17?,18-/m0/s1. The molecule has 0 amide bonds. The predicted molar refractivity (Wildman–Crippen MR) is 78.7 cm³/mol. The highest BCUT2D eigenvalue weighted by Gasteiger charge is 2.51. The van der Waals surface area contributed by atoms with E-state index in [1.165, 1.54) is 11.1 Å². The molecule has 3 aliphatic rings. The van der Waals surface area contributed by atoms with Gasteiger partial charge in [-0.15, -0.1) is 0 Å². The Balaban J connectivity index is 1.76. The first kappa shape index (κ1) is 12.5. The fourth-order valence-electron chi connectivity index (χ4n) is 4.93. The quantitative estimate of drug-likeness (QED) is 0.708. The zero-order valence-electron chi connectivity index (χ0n) is 12.0. The van der Waals surface area contributed by atoms with Gasteiger partial charge in [0.1, 0.15) is 5.75 Å². The van der Waals surface area contributed by atoms with Gasteiger partial charge in [-0.25, -0.2) is 0 Å². The second-order valence-electron chi connectivity index (χ2n) is 7.03. The Morgan fingerprint density at radius 2 is 2.05 bits per heavy atom. The summed E-state index contributed by atoms with van der Waals surface area (Å²) in [4.78, 5) is 0. The lowest BCUT2D eigenvalue weighted by molar-refractivity contribution is 0.0267. The molecule has 0 spiro atoms. The van der Waals surface area contributed by atoms with Crippen molar-refractivity contribution in [1.29, 1.82) is 0 Å². The van der Waals surface area contributed by atoms with Gasteiger partial charge in [-0.1, -0.05) is 24.6 Å². The van der Waals surface area contributed by atoms with Crippen LogP contribution >= 0.6 is 0 Å². The first-order chi connectivity index (χ1) is 9.59. The van der Waals surface area contributed by atoms with E-state index in [9.17, 15) is 10.2 Å². The summed E-state index contributed by atoms with van der Waals surface area (Å²) in [6.07, 6.45) is 7.51. The average molecular weight is 270 g/mol. The molecule has 4 rings (SSSR count). The minimum atomic E-state index is -0.129. The van der Waals surface area contributed by atoms with E-state index >= 15 is 0 Å². The van der Waals surface area contributed by atoms with Gasteiger partial charge < -0.3 is 10.2 Å². The number of aromatic hydroxyl groups is 1. The largest absolute Gasteiger partial charge is 0.508 e. The van der Waals surface area contributed by atoms with E-state index in [1.54, 1.807) is 5.57 Å². The third-order valence-corrected chi connectivity index (χ3v) is 6.12. The van der Waals surface area contributed by atoms with Gasteiger partial charge in [0.15, 0.2) is 0 Å². The van der Waals surface area contributed by atoms with E-state index in [0.717, 1.165) is 32.1 Å². The molecule has 4 atom stereocenters. The fourth-order valence-corrected chi connectivity index (χ4v) is 4.93. The third-order valence-electron chi connectivity index (χ3n) is 6.12. The van der Waals surface area contributed by atoms with Crippen molar-refractivity contribution in [2.45, 2.75) is 51.0 Å². The molecule has 1 aromatic rings. The molecular formula is C18H22O2. The molecule has 0 heterocycles. The minimum absolute atomic E-state index is 0.0940. The molecule has 1 aromatic carbocycles.